The molecule has 0 radical (unpaired) electrons. The molecular weight excluding hydrogens is 242 g/mol. The van der Waals surface area contributed by atoms with E-state index in [9.17, 15) is 0 Å². The normalized spacial score (nSPS) is 16.2. The van der Waals surface area contributed by atoms with Crippen LogP contribution >= 0.6 is 0 Å². The van der Waals surface area contributed by atoms with Crippen LogP contribution in [0.4, 0.5) is 0 Å². The number of rotatable bonds is 2. The lowest BCUT2D eigenvalue weighted by Crippen LogP contribution is -2.43. The molecule has 0 aliphatic heterocycles. The number of hydrogen-bond acceptors (Lipinski definition) is 1. The molecule has 0 heterocycles. The van der Waals surface area contributed by atoms with E-state index in [0.717, 1.165) is 19.3 Å². The highest BCUT2D eigenvalue weighted by molar-refractivity contribution is 5.42. The van der Waals surface area contributed by atoms with Crippen LogP contribution in [0, 0.1) is 20.8 Å². The van der Waals surface area contributed by atoms with Crippen molar-refractivity contribution in [2.24, 2.45) is 5.73 Å². The zero-order chi connectivity index (χ0) is 14.3. The van der Waals surface area contributed by atoms with Crippen LogP contribution in [0.1, 0.15) is 33.4 Å². The van der Waals surface area contributed by atoms with Crippen molar-refractivity contribution in [1.29, 1.82) is 0 Å². The molecule has 0 amide bonds. The summed E-state index contributed by atoms with van der Waals surface area (Å²) in [7, 11) is 0. The van der Waals surface area contributed by atoms with Gasteiger partial charge in [-0.15, -0.1) is 0 Å². The first-order valence-electron chi connectivity index (χ1n) is 7.39. The highest BCUT2D eigenvalue weighted by Gasteiger charge is 2.34. The van der Waals surface area contributed by atoms with E-state index in [0.29, 0.717) is 0 Å². The Kier molecular flexibility index (Phi) is 3.18. The first kappa shape index (κ1) is 13.4. The molecule has 0 unspecified atom stereocenters. The van der Waals surface area contributed by atoms with Crippen LogP contribution in [0.2, 0.25) is 0 Å². The van der Waals surface area contributed by atoms with Crippen molar-refractivity contribution < 1.29 is 0 Å². The van der Waals surface area contributed by atoms with Crippen LogP contribution in [0.25, 0.3) is 0 Å². The minimum atomic E-state index is -0.117. The Morgan fingerprint density at radius 1 is 0.950 bits per heavy atom. The predicted molar refractivity (Wildman–Crippen MR) is 85.1 cm³/mol. The zero-order valence-corrected chi connectivity index (χ0v) is 12.7. The molecule has 0 spiro atoms. The molecule has 0 fully saturated rings. The van der Waals surface area contributed by atoms with Crippen molar-refractivity contribution >= 4 is 0 Å². The van der Waals surface area contributed by atoms with Crippen LogP contribution in [0.5, 0.6) is 0 Å². The number of aryl methyl sites for hydroxylation is 3. The maximum absolute atomic E-state index is 6.72. The Hall–Kier alpha value is -1.60. The maximum atomic E-state index is 6.72. The molecule has 2 N–H and O–H groups in total. The standard InChI is InChI=1S/C19H23N/c1-13-8-14(2)18(15(3)9-13)12-19(20)10-16-6-4-5-7-17(16)11-19/h4-9H,10-12,20H2,1-3H3. The van der Waals surface area contributed by atoms with Crippen molar-refractivity contribution in [3.63, 3.8) is 0 Å². The third-order valence-corrected chi connectivity index (χ3v) is 4.57. The maximum Gasteiger partial charge on any atom is 0.0277 e. The van der Waals surface area contributed by atoms with Gasteiger partial charge in [0, 0.05) is 5.54 Å². The topological polar surface area (TPSA) is 26.0 Å². The smallest absolute Gasteiger partial charge is 0.0277 e. The molecule has 1 heteroatoms. The van der Waals surface area contributed by atoms with Crippen LogP contribution < -0.4 is 5.73 Å². The van der Waals surface area contributed by atoms with Crippen molar-refractivity contribution in [1.82, 2.24) is 0 Å². The summed E-state index contributed by atoms with van der Waals surface area (Å²) in [6, 6.07) is 13.2. The molecule has 104 valence electrons. The Morgan fingerprint density at radius 2 is 1.45 bits per heavy atom. The van der Waals surface area contributed by atoms with Crippen molar-refractivity contribution in [3.05, 3.63) is 69.8 Å². The minimum absolute atomic E-state index is 0.117. The van der Waals surface area contributed by atoms with Gasteiger partial charge in [0.15, 0.2) is 0 Å². The second-order valence-electron chi connectivity index (χ2n) is 6.54. The largest absolute Gasteiger partial charge is 0.324 e. The molecule has 2 aromatic carbocycles. The van der Waals surface area contributed by atoms with Crippen molar-refractivity contribution in [2.75, 3.05) is 0 Å². The van der Waals surface area contributed by atoms with Gasteiger partial charge < -0.3 is 5.73 Å². The van der Waals surface area contributed by atoms with Crippen LogP contribution in [-0.4, -0.2) is 5.54 Å². The Morgan fingerprint density at radius 3 is 1.95 bits per heavy atom. The van der Waals surface area contributed by atoms with Crippen molar-refractivity contribution in [2.45, 2.75) is 45.6 Å². The van der Waals surface area contributed by atoms with E-state index in [1.165, 1.54) is 33.4 Å². The highest BCUT2D eigenvalue weighted by atomic mass is 14.8. The summed E-state index contributed by atoms with van der Waals surface area (Å²) in [5.74, 6) is 0. The first-order valence-corrected chi connectivity index (χ1v) is 7.39. The summed E-state index contributed by atoms with van der Waals surface area (Å²) in [6.07, 6.45) is 2.96. The molecule has 0 saturated heterocycles. The Labute approximate surface area is 121 Å². The molecule has 0 aromatic heterocycles. The molecule has 2 aromatic rings. The quantitative estimate of drug-likeness (QED) is 0.881. The summed E-state index contributed by atoms with van der Waals surface area (Å²) in [5.41, 5.74) is 15.0. The van der Waals surface area contributed by atoms with Gasteiger partial charge in [0.25, 0.3) is 0 Å². The number of benzene rings is 2. The van der Waals surface area contributed by atoms with Gasteiger partial charge in [-0.2, -0.15) is 0 Å². The lowest BCUT2D eigenvalue weighted by Gasteiger charge is -2.26. The van der Waals surface area contributed by atoms with Gasteiger partial charge in [-0.3, -0.25) is 0 Å². The fraction of sp³-hybridized carbons (Fsp3) is 0.368. The number of fused-ring (bicyclic) bond motifs is 1. The molecule has 1 aliphatic carbocycles. The predicted octanol–water partition coefficient (Wildman–Crippen LogP) is 3.65. The molecule has 0 bridgehead atoms. The molecule has 20 heavy (non-hydrogen) atoms. The summed E-state index contributed by atoms with van der Waals surface area (Å²) >= 11 is 0. The average Bonchev–Trinajstić information content (AvgIpc) is 2.70. The van der Waals surface area contributed by atoms with E-state index >= 15 is 0 Å². The number of hydrogen-bond donors (Lipinski definition) is 1. The minimum Gasteiger partial charge on any atom is -0.324 e. The lowest BCUT2D eigenvalue weighted by atomic mass is 9.85. The van der Waals surface area contributed by atoms with Crippen LogP contribution in [-0.2, 0) is 19.3 Å². The molecule has 0 atom stereocenters. The van der Waals surface area contributed by atoms with E-state index in [4.69, 9.17) is 5.73 Å². The third kappa shape index (κ3) is 2.38. The SMILES string of the molecule is Cc1cc(C)c(CC2(N)Cc3ccccc3C2)c(C)c1. The summed E-state index contributed by atoms with van der Waals surface area (Å²) < 4.78 is 0. The van der Waals surface area contributed by atoms with Gasteiger partial charge in [0.05, 0.1) is 0 Å². The Balaban J connectivity index is 1.90. The number of nitrogens with two attached hydrogens (primary N) is 1. The average molecular weight is 265 g/mol. The van der Waals surface area contributed by atoms with Gasteiger partial charge in [0.2, 0.25) is 0 Å². The second kappa shape index (κ2) is 4.75. The molecule has 0 saturated carbocycles. The monoisotopic (exact) mass is 265 g/mol. The fourth-order valence-electron chi connectivity index (χ4n) is 3.69. The van der Waals surface area contributed by atoms with E-state index < -0.39 is 0 Å². The highest BCUT2D eigenvalue weighted by Crippen LogP contribution is 2.32. The summed E-state index contributed by atoms with van der Waals surface area (Å²) in [5, 5.41) is 0. The van der Waals surface area contributed by atoms with E-state index in [1.807, 2.05) is 0 Å². The van der Waals surface area contributed by atoms with Gasteiger partial charge in [-0.1, -0.05) is 42.0 Å². The lowest BCUT2D eigenvalue weighted by molar-refractivity contribution is 0.444. The van der Waals surface area contributed by atoms with E-state index in [1.54, 1.807) is 0 Å². The van der Waals surface area contributed by atoms with E-state index in [2.05, 4.69) is 57.2 Å². The fourth-order valence-corrected chi connectivity index (χ4v) is 3.69. The van der Waals surface area contributed by atoms with Gasteiger partial charge >= 0.3 is 0 Å². The van der Waals surface area contributed by atoms with Gasteiger partial charge in [-0.05, 0) is 67.9 Å². The second-order valence-corrected chi connectivity index (χ2v) is 6.54. The first-order chi connectivity index (χ1) is 9.47. The molecule has 3 rings (SSSR count). The molecule has 1 nitrogen and oxygen atoms in total. The van der Waals surface area contributed by atoms with E-state index in [-0.39, 0.29) is 5.54 Å². The Bertz CT molecular complexity index is 607. The van der Waals surface area contributed by atoms with Gasteiger partial charge in [-0.25, -0.2) is 0 Å². The van der Waals surface area contributed by atoms with Crippen LogP contribution in [0.15, 0.2) is 36.4 Å². The summed E-state index contributed by atoms with van der Waals surface area (Å²) in [6.45, 7) is 6.58. The third-order valence-electron chi connectivity index (χ3n) is 4.57. The van der Waals surface area contributed by atoms with Gasteiger partial charge in [0.1, 0.15) is 0 Å². The van der Waals surface area contributed by atoms with Crippen LogP contribution in [0.3, 0.4) is 0 Å². The zero-order valence-electron chi connectivity index (χ0n) is 12.7. The summed E-state index contributed by atoms with van der Waals surface area (Å²) in [4.78, 5) is 0. The molecule has 1 aliphatic rings. The van der Waals surface area contributed by atoms with Crippen molar-refractivity contribution in [3.8, 4) is 0 Å². The molecular formula is C19H23N.